The van der Waals surface area contributed by atoms with Gasteiger partial charge in [-0.15, -0.1) is 0 Å². The van der Waals surface area contributed by atoms with Crippen LogP contribution in [-0.4, -0.2) is 29.9 Å². The molecule has 0 fully saturated rings. The Morgan fingerprint density at radius 2 is 2.44 bits per heavy atom. The Morgan fingerprint density at radius 1 is 1.89 bits per heavy atom. The van der Waals surface area contributed by atoms with Crippen molar-refractivity contribution in [2.75, 3.05) is 6.54 Å². The van der Waals surface area contributed by atoms with Gasteiger partial charge in [-0.1, -0.05) is 0 Å². The Hall–Kier alpha value is -1.22. The van der Waals surface area contributed by atoms with E-state index in [-0.39, 0.29) is 0 Å². The molecule has 0 saturated carbocycles. The van der Waals surface area contributed by atoms with Crippen LogP contribution in [0.4, 0.5) is 4.39 Å². The lowest BCUT2D eigenvalue weighted by atomic mass is 10.4. The van der Waals surface area contributed by atoms with E-state index >= 15 is 0 Å². The van der Waals surface area contributed by atoms with Crippen molar-refractivity contribution in [3.05, 3.63) is 0 Å². The Morgan fingerprint density at radius 3 is 2.78 bits per heavy atom. The SMILES string of the molecule is O=C=NC[C@@H](F)C(=O)O. The molecule has 5 heteroatoms. The van der Waals surface area contributed by atoms with E-state index in [1.807, 2.05) is 0 Å². The Kier molecular flexibility index (Phi) is 3.23. The van der Waals surface area contributed by atoms with Crippen LogP contribution >= 0.6 is 0 Å². The molecule has 0 unspecified atom stereocenters. The van der Waals surface area contributed by atoms with Crippen molar-refractivity contribution >= 4 is 12.0 Å². The molecule has 9 heavy (non-hydrogen) atoms. The Balaban J connectivity index is 3.63. The second-order valence-corrected chi connectivity index (χ2v) is 1.24. The molecule has 0 aliphatic rings. The molecule has 0 aromatic carbocycles. The molecular weight excluding hydrogens is 129 g/mol. The molecule has 4 nitrogen and oxygen atoms in total. The minimum Gasteiger partial charge on any atom is -0.479 e. The quantitative estimate of drug-likeness (QED) is 0.426. The summed E-state index contributed by atoms with van der Waals surface area (Å²) in [6.07, 6.45) is -1.07. The van der Waals surface area contributed by atoms with E-state index in [0.29, 0.717) is 0 Å². The van der Waals surface area contributed by atoms with Crippen molar-refractivity contribution < 1.29 is 19.1 Å². The first-order valence-corrected chi connectivity index (χ1v) is 2.09. The summed E-state index contributed by atoms with van der Waals surface area (Å²) in [5.41, 5.74) is 0. The van der Waals surface area contributed by atoms with Crippen LogP contribution in [0.1, 0.15) is 0 Å². The predicted octanol–water partition coefficient (Wildman–Crippen LogP) is -0.255. The maximum atomic E-state index is 11.8. The van der Waals surface area contributed by atoms with Gasteiger partial charge in [0.15, 0.2) is 0 Å². The zero-order chi connectivity index (χ0) is 7.28. The van der Waals surface area contributed by atoms with E-state index in [1.54, 1.807) is 0 Å². The fraction of sp³-hybridized carbons (Fsp3) is 0.500. The summed E-state index contributed by atoms with van der Waals surface area (Å²) >= 11 is 0. The monoisotopic (exact) mass is 133 g/mol. The summed E-state index contributed by atoms with van der Waals surface area (Å²) in [4.78, 5) is 21.7. The summed E-state index contributed by atoms with van der Waals surface area (Å²) < 4.78 is 11.8. The second kappa shape index (κ2) is 3.74. The zero-order valence-corrected chi connectivity index (χ0v) is 4.37. The van der Waals surface area contributed by atoms with Crippen molar-refractivity contribution in [1.82, 2.24) is 0 Å². The topological polar surface area (TPSA) is 66.7 Å². The van der Waals surface area contributed by atoms with Gasteiger partial charge in [0.05, 0.1) is 6.54 Å². The van der Waals surface area contributed by atoms with Crippen LogP contribution in [0, 0.1) is 0 Å². The van der Waals surface area contributed by atoms with Crippen LogP contribution in [-0.2, 0) is 9.59 Å². The van der Waals surface area contributed by atoms with Gasteiger partial charge in [-0.3, -0.25) is 0 Å². The smallest absolute Gasteiger partial charge is 0.340 e. The van der Waals surface area contributed by atoms with Crippen molar-refractivity contribution in [3.8, 4) is 0 Å². The first-order valence-electron chi connectivity index (χ1n) is 2.09. The maximum Gasteiger partial charge on any atom is 0.340 e. The van der Waals surface area contributed by atoms with Crippen LogP contribution in [0.2, 0.25) is 0 Å². The number of alkyl halides is 1. The third kappa shape index (κ3) is 3.37. The molecule has 0 radical (unpaired) electrons. The van der Waals surface area contributed by atoms with E-state index in [1.165, 1.54) is 0 Å². The number of isocyanates is 1. The number of carboxylic acids is 1. The minimum atomic E-state index is -2.09. The predicted molar refractivity (Wildman–Crippen MR) is 25.5 cm³/mol. The summed E-state index contributed by atoms with van der Waals surface area (Å²) in [6, 6.07) is 0. The van der Waals surface area contributed by atoms with E-state index in [0.717, 1.165) is 6.08 Å². The Bertz CT molecular complexity index is 152. The van der Waals surface area contributed by atoms with Gasteiger partial charge in [-0.05, 0) is 0 Å². The first-order chi connectivity index (χ1) is 4.18. The van der Waals surface area contributed by atoms with Crippen LogP contribution < -0.4 is 0 Å². The van der Waals surface area contributed by atoms with Gasteiger partial charge in [0.2, 0.25) is 12.3 Å². The fourth-order valence-electron chi connectivity index (χ4n) is 0.196. The highest BCUT2D eigenvalue weighted by molar-refractivity contribution is 5.72. The lowest BCUT2D eigenvalue weighted by Gasteiger charge is -1.92. The molecule has 0 heterocycles. The molecule has 0 spiro atoms. The number of aliphatic imine (C=N–C) groups is 1. The standard InChI is InChI=1S/C4H4FNO3/c5-3(4(8)9)1-6-2-7/h3H,1H2,(H,8,9)/t3-/m1/s1. The number of rotatable bonds is 3. The van der Waals surface area contributed by atoms with E-state index < -0.39 is 18.7 Å². The molecule has 0 rings (SSSR count). The molecule has 1 N–H and O–H groups in total. The molecule has 0 amide bonds. The number of halogens is 1. The van der Waals surface area contributed by atoms with Gasteiger partial charge >= 0.3 is 5.97 Å². The van der Waals surface area contributed by atoms with E-state index in [9.17, 15) is 14.0 Å². The van der Waals surface area contributed by atoms with Gasteiger partial charge < -0.3 is 5.11 Å². The van der Waals surface area contributed by atoms with Gasteiger partial charge in [0.1, 0.15) is 0 Å². The summed E-state index contributed by atoms with van der Waals surface area (Å²) in [7, 11) is 0. The number of nitrogens with zero attached hydrogens (tertiary/aromatic N) is 1. The molecule has 0 aliphatic heterocycles. The molecule has 0 saturated heterocycles. The lowest BCUT2D eigenvalue weighted by molar-refractivity contribution is -0.142. The highest BCUT2D eigenvalue weighted by Gasteiger charge is 2.13. The number of hydrogen-bond donors (Lipinski definition) is 1. The number of carboxylic acid groups (broad SMARTS) is 1. The Labute approximate surface area is 50.0 Å². The summed E-state index contributed by atoms with van der Waals surface area (Å²) in [6.45, 7) is -0.654. The number of aliphatic carboxylic acids is 1. The lowest BCUT2D eigenvalue weighted by Crippen LogP contribution is -2.17. The largest absolute Gasteiger partial charge is 0.479 e. The number of carbonyl (C=O) groups excluding carboxylic acids is 1. The van der Waals surface area contributed by atoms with Crippen LogP contribution in [0.3, 0.4) is 0 Å². The molecule has 0 aromatic rings. The van der Waals surface area contributed by atoms with Gasteiger partial charge in [-0.25, -0.2) is 19.0 Å². The molecule has 50 valence electrons. The fourth-order valence-corrected chi connectivity index (χ4v) is 0.196. The van der Waals surface area contributed by atoms with Gasteiger partial charge in [0.25, 0.3) is 0 Å². The highest BCUT2D eigenvalue weighted by Crippen LogP contribution is 1.89. The molecule has 0 aromatic heterocycles. The second-order valence-electron chi connectivity index (χ2n) is 1.24. The molecular formula is C4H4FNO3. The third-order valence-corrected chi connectivity index (χ3v) is 0.584. The van der Waals surface area contributed by atoms with E-state index in [2.05, 4.69) is 4.99 Å². The maximum absolute atomic E-state index is 11.8. The minimum absolute atomic E-state index is 0.654. The summed E-state index contributed by atoms with van der Waals surface area (Å²) in [5, 5.41) is 7.84. The first kappa shape index (κ1) is 7.78. The highest BCUT2D eigenvalue weighted by atomic mass is 19.1. The van der Waals surface area contributed by atoms with Crippen molar-refractivity contribution in [2.45, 2.75) is 6.17 Å². The average molecular weight is 133 g/mol. The van der Waals surface area contributed by atoms with Crippen LogP contribution in [0.5, 0.6) is 0 Å². The molecule has 0 aliphatic carbocycles. The van der Waals surface area contributed by atoms with Crippen LogP contribution in [0.15, 0.2) is 4.99 Å². The van der Waals surface area contributed by atoms with Crippen molar-refractivity contribution in [1.29, 1.82) is 0 Å². The van der Waals surface area contributed by atoms with Crippen molar-refractivity contribution in [2.24, 2.45) is 4.99 Å². The number of hydrogen-bond acceptors (Lipinski definition) is 3. The van der Waals surface area contributed by atoms with Crippen molar-refractivity contribution in [3.63, 3.8) is 0 Å². The number of carbonyl (C=O) groups is 1. The third-order valence-electron chi connectivity index (χ3n) is 0.584. The average Bonchev–Trinajstić information content (AvgIpc) is 1.82. The normalized spacial score (nSPS) is 11.7. The van der Waals surface area contributed by atoms with Gasteiger partial charge in [-0.2, -0.15) is 0 Å². The zero-order valence-electron chi connectivity index (χ0n) is 4.37. The van der Waals surface area contributed by atoms with Gasteiger partial charge in [0, 0.05) is 0 Å². The molecule has 0 bridgehead atoms. The molecule has 1 atom stereocenters. The van der Waals surface area contributed by atoms with E-state index in [4.69, 9.17) is 5.11 Å². The summed E-state index contributed by atoms with van der Waals surface area (Å²) in [5.74, 6) is -1.62. The van der Waals surface area contributed by atoms with Crippen LogP contribution in [0.25, 0.3) is 0 Å².